The summed E-state index contributed by atoms with van der Waals surface area (Å²) in [6.07, 6.45) is 7.10. The van der Waals surface area contributed by atoms with Crippen molar-refractivity contribution in [2.75, 3.05) is 13.6 Å². The first kappa shape index (κ1) is 18.3. The molecule has 22 heavy (non-hydrogen) atoms. The molecule has 1 rings (SSSR count). The zero-order valence-electron chi connectivity index (χ0n) is 13.7. The molecule has 1 saturated carbocycles. The molecule has 0 saturated heterocycles. The van der Waals surface area contributed by atoms with E-state index in [0.29, 0.717) is 31.8 Å². The van der Waals surface area contributed by atoms with Crippen LogP contribution in [0.25, 0.3) is 0 Å². The van der Waals surface area contributed by atoms with Crippen LogP contribution in [0.15, 0.2) is 0 Å². The number of rotatable bonds is 7. The van der Waals surface area contributed by atoms with Gasteiger partial charge in [-0.25, -0.2) is 4.79 Å². The highest BCUT2D eigenvalue weighted by Crippen LogP contribution is 2.17. The quantitative estimate of drug-likeness (QED) is 0.707. The van der Waals surface area contributed by atoms with Gasteiger partial charge in [0.25, 0.3) is 0 Å². The van der Waals surface area contributed by atoms with Gasteiger partial charge >= 0.3 is 6.03 Å². The highest BCUT2D eigenvalue weighted by Gasteiger charge is 2.16. The van der Waals surface area contributed by atoms with E-state index in [-0.39, 0.29) is 18.0 Å². The maximum Gasteiger partial charge on any atom is 0.315 e. The van der Waals surface area contributed by atoms with Gasteiger partial charge in [-0.15, -0.1) is 0 Å². The lowest BCUT2D eigenvalue weighted by atomic mass is 9.96. The number of nitrogens with zero attached hydrogens (tertiary/aromatic N) is 2. The smallest absolute Gasteiger partial charge is 0.315 e. The molecule has 6 heteroatoms. The van der Waals surface area contributed by atoms with E-state index in [9.17, 15) is 9.59 Å². The van der Waals surface area contributed by atoms with Crippen molar-refractivity contribution in [3.8, 4) is 6.07 Å². The fourth-order valence-corrected chi connectivity index (χ4v) is 2.62. The van der Waals surface area contributed by atoms with Crippen molar-refractivity contribution in [1.82, 2.24) is 15.5 Å². The van der Waals surface area contributed by atoms with Crippen molar-refractivity contribution in [2.45, 2.75) is 70.4 Å². The number of hydrogen-bond donors (Lipinski definition) is 2. The van der Waals surface area contributed by atoms with Crippen LogP contribution in [0.3, 0.4) is 0 Å². The van der Waals surface area contributed by atoms with E-state index in [1.807, 2.05) is 6.92 Å². The van der Waals surface area contributed by atoms with Crippen molar-refractivity contribution in [1.29, 1.82) is 5.26 Å². The number of urea groups is 1. The van der Waals surface area contributed by atoms with Gasteiger partial charge < -0.3 is 15.5 Å². The van der Waals surface area contributed by atoms with Crippen LogP contribution < -0.4 is 10.6 Å². The zero-order valence-corrected chi connectivity index (χ0v) is 13.7. The van der Waals surface area contributed by atoms with Crippen LogP contribution in [0.2, 0.25) is 0 Å². The minimum absolute atomic E-state index is 0.0113. The van der Waals surface area contributed by atoms with Crippen LogP contribution in [0.4, 0.5) is 4.79 Å². The molecule has 0 unspecified atom stereocenters. The van der Waals surface area contributed by atoms with Crippen LogP contribution in [0.5, 0.6) is 0 Å². The number of carbonyl (C=O) groups is 2. The average molecular weight is 308 g/mol. The van der Waals surface area contributed by atoms with Crippen molar-refractivity contribution in [3.63, 3.8) is 0 Å². The molecule has 0 aromatic carbocycles. The van der Waals surface area contributed by atoms with Gasteiger partial charge in [0.15, 0.2) is 0 Å². The van der Waals surface area contributed by atoms with Gasteiger partial charge in [-0.05, 0) is 26.2 Å². The van der Waals surface area contributed by atoms with Crippen LogP contribution in [-0.4, -0.2) is 42.5 Å². The fraction of sp³-hybridized carbons (Fsp3) is 0.812. The second kappa shape index (κ2) is 10.0. The summed E-state index contributed by atoms with van der Waals surface area (Å²) in [7, 11) is 1.72. The van der Waals surface area contributed by atoms with Gasteiger partial charge in [-0.3, -0.25) is 4.79 Å². The van der Waals surface area contributed by atoms with Crippen molar-refractivity contribution >= 4 is 11.9 Å². The van der Waals surface area contributed by atoms with Gasteiger partial charge in [0.1, 0.15) is 0 Å². The fourth-order valence-electron chi connectivity index (χ4n) is 2.62. The molecule has 0 heterocycles. The van der Waals surface area contributed by atoms with E-state index >= 15 is 0 Å². The Morgan fingerprint density at radius 2 is 2.00 bits per heavy atom. The molecule has 124 valence electrons. The summed E-state index contributed by atoms with van der Waals surface area (Å²) in [6, 6.07) is 2.16. The Hall–Kier alpha value is -1.77. The average Bonchev–Trinajstić information content (AvgIpc) is 2.51. The number of carbonyl (C=O) groups excluding carboxylic acids is 2. The monoisotopic (exact) mass is 308 g/mol. The lowest BCUT2D eigenvalue weighted by Gasteiger charge is -2.23. The Labute approximate surface area is 133 Å². The Kier molecular flexibility index (Phi) is 8.34. The highest BCUT2D eigenvalue weighted by atomic mass is 16.2. The third kappa shape index (κ3) is 6.79. The molecule has 0 aromatic rings. The molecule has 1 fully saturated rings. The Morgan fingerprint density at radius 3 is 2.64 bits per heavy atom. The van der Waals surface area contributed by atoms with E-state index in [1.165, 1.54) is 19.3 Å². The second-order valence-electron chi connectivity index (χ2n) is 6.05. The summed E-state index contributed by atoms with van der Waals surface area (Å²) in [4.78, 5) is 25.2. The molecular weight excluding hydrogens is 280 g/mol. The molecule has 0 radical (unpaired) electrons. The molecule has 6 nitrogen and oxygen atoms in total. The predicted molar refractivity (Wildman–Crippen MR) is 85.1 cm³/mol. The van der Waals surface area contributed by atoms with E-state index in [0.717, 1.165) is 12.8 Å². The van der Waals surface area contributed by atoms with Crippen LogP contribution in [0, 0.1) is 11.3 Å². The normalized spacial score (nSPS) is 16.4. The molecule has 3 amide bonds. The maximum atomic E-state index is 11.9. The van der Waals surface area contributed by atoms with E-state index in [1.54, 1.807) is 11.9 Å². The molecule has 1 atom stereocenters. The van der Waals surface area contributed by atoms with Gasteiger partial charge in [0.2, 0.25) is 5.91 Å². The van der Waals surface area contributed by atoms with Crippen molar-refractivity contribution in [2.24, 2.45) is 0 Å². The van der Waals surface area contributed by atoms with Gasteiger partial charge in [-0.2, -0.15) is 5.26 Å². The minimum atomic E-state index is -0.134. The lowest BCUT2D eigenvalue weighted by Crippen LogP contribution is -2.43. The Morgan fingerprint density at radius 1 is 1.32 bits per heavy atom. The van der Waals surface area contributed by atoms with Crippen molar-refractivity contribution in [3.05, 3.63) is 0 Å². The first-order valence-corrected chi connectivity index (χ1v) is 8.21. The van der Waals surface area contributed by atoms with Crippen LogP contribution in [-0.2, 0) is 4.79 Å². The highest BCUT2D eigenvalue weighted by molar-refractivity contribution is 5.76. The first-order chi connectivity index (χ1) is 10.5. The summed E-state index contributed by atoms with van der Waals surface area (Å²) < 4.78 is 0. The molecular formula is C16H28N4O2. The standard InChI is InChI=1S/C16H28N4O2/c1-13(10-11-17)20(2)15(21)9-6-12-18-16(22)19-14-7-4-3-5-8-14/h13-14H,3-10,12H2,1-2H3,(H2,18,19,22)/t13-/m0/s1. The first-order valence-electron chi connectivity index (χ1n) is 8.21. The summed E-state index contributed by atoms with van der Waals surface area (Å²) in [5.41, 5.74) is 0. The minimum Gasteiger partial charge on any atom is -0.342 e. The molecule has 0 spiro atoms. The van der Waals surface area contributed by atoms with Gasteiger partial charge in [0, 0.05) is 32.1 Å². The molecule has 0 aliphatic heterocycles. The Balaban J connectivity index is 2.12. The topological polar surface area (TPSA) is 85.2 Å². The van der Waals surface area contributed by atoms with E-state index in [2.05, 4.69) is 16.7 Å². The third-order valence-corrected chi connectivity index (χ3v) is 4.23. The Bertz CT molecular complexity index is 399. The van der Waals surface area contributed by atoms with Crippen molar-refractivity contribution < 1.29 is 9.59 Å². The predicted octanol–water partition coefficient (Wildman–Crippen LogP) is 2.16. The lowest BCUT2D eigenvalue weighted by molar-refractivity contribution is -0.131. The van der Waals surface area contributed by atoms with Crippen LogP contribution in [0.1, 0.15) is 58.3 Å². The molecule has 1 aliphatic carbocycles. The third-order valence-electron chi connectivity index (χ3n) is 4.23. The summed E-state index contributed by atoms with van der Waals surface area (Å²) in [5.74, 6) is 0.0113. The molecule has 0 aromatic heterocycles. The largest absolute Gasteiger partial charge is 0.342 e. The maximum absolute atomic E-state index is 11.9. The van der Waals surface area contributed by atoms with Gasteiger partial charge in [0.05, 0.1) is 12.5 Å². The number of nitrogens with one attached hydrogen (secondary N) is 2. The summed E-state index contributed by atoms with van der Waals surface area (Å²) >= 11 is 0. The molecule has 1 aliphatic rings. The summed E-state index contributed by atoms with van der Waals surface area (Å²) in [6.45, 7) is 2.35. The van der Waals surface area contributed by atoms with E-state index in [4.69, 9.17) is 5.26 Å². The van der Waals surface area contributed by atoms with Gasteiger partial charge in [-0.1, -0.05) is 19.3 Å². The number of amides is 3. The molecule has 0 bridgehead atoms. The SMILES string of the molecule is C[C@@H](CC#N)N(C)C(=O)CCCNC(=O)NC1CCCCC1. The number of nitriles is 1. The number of hydrogen-bond acceptors (Lipinski definition) is 3. The van der Waals surface area contributed by atoms with Crippen LogP contribution >= 0.6 is 0 Å². The molecule has 2 N–H and O–H groups in total. The van der Waals surface area contributed by atoms with E-state index < -0.39 is 0 Å². The summed E-state index contributed by atoms with van der Waals surface area (Å²) in [5, 5.41) is 14.4. The second-order valence-corrected chi connectivity index (χ2v) is 6.05. The zero-order chi connectivity index (χ0) is 16.4.